The first-order chi connectivity index (χ1) is 11.7. The molecule has 0 atom stereocenters. The Morgan fingerprint density at radius 2 is 1.50 bits per heavy atom. The monoisotopic (exact) mass is 394 g/mol. The number of carbonyl (C=O) groups is 1. The molecule has 134 valence electrons. The maximum absolute atomic E-state index is 12.3. The number of amides is 1. The smallest absolute Gasteiger partial charge is 0.222 e. The van der Waals surface area contributed by atoms with Crippen molar-refractivity contribution in [1.29, 1.82) is 0 Å². The predicted octanol–water partition coefficient (Wildman–Crippen LogP) is 5.24. The molecule has 1 aliphatic heterocycles. The fraction of sp³-hybridized carbons (Fsp3) is 0.650. The third-order valence-corrected chi connectivity index (χ3v) is 5.35. The van der Waals surface area contributed by atoms with Crippen molar-refractivity contribution in [2.75, 3.05) is 31.1 Å². The number of unbranched alkanes of at least 4 members (excludes halogenated alkanes) is 6. The maximum Gasteiger partial charge on any atom is 0.222 e. The van der Waals surface area contributed by atoms with Crippen LogP contribution in [0.2, 0.25) is 0 Å². The van der Waals surface area contributed by atoms with Crippen LogP contribution < -0.4 is 4.90 Å². The van der Waals surface area contributed by atoms with Crippen molar-refractivity contribution in [3.63, 3.8) is 0 Å². The Morgan fingerprint density at radius 3 is 2.12 bits per heavy atom. The van der Waals surface area contributed by atoms with Crippen LogP contribution in [0, 0.1) is 0 Å². The van der Waals surface area contributed by atoms with Gasteiger partial charge in [0, 0.05) is 42.8 Å². The van der Waals surface area contributed by atoms with Crippen LogP contribution in [0.1, 0.15) is 58.3 Å². The summed E-state index contributed by atoms with van der Waals surface area (Å²) in [4.78, 5) is 16.7. The Morgan fingerprint density at radius 1 is 0.917 bits per heavy atom. The summed E-state index contributed by atoms with van der Waals surface area (Å²) in [6.07, 6.45) is 9.59. The molecule has 1 saturated heterocycles. The van der Waals surface area contributed by atoms with Crippen LogP contribution >= 0.6 is 15.9 Å². The fourth-order valence-corrected chi connectivity index (χ4v) is 3.52. The van der Waals surface area contributed by atoms with Crippen LogP contribution in [0.15, 0.2) is 28.7 Å². The molecule has 2 rings (SSSR count). The van der Waals surface area contributed by atoms with Gasteiger partial charge in [-0.1, -0.05) is 61.4 Å². The van der Waals surface area contributed by atoms with Crippen LogP contribution in [0.5, 0.6) is 0 Å². The van der Waals surface area contributed by atoms with Crippen LogP contribution in [0.25, 0.3) is 0 Å². The molecule has 0 saturated carbocycles. The van der Waals surface area contributed by atoms with Gasteiger partial charge in [-0.2, -0.15) is 0 Å². The molecule has 0 aliphatic carbocycles. The molecule has 1 aromatic carbocycles. The summed E-state index contributed by atoms with van der Waals surface area (Å²) in [5.41, 5.74) is 1.25. The van der Waals surface area contributed by atoms with E-state index in [9.17, 15) is 4.79 Å². The zero-order chi connectivity index (χ0) is 17.2. The third kappa shape index (κ3) is 6.46. The van der Waals surface area contributed by atoms with E-state index < -0.39 is 0 Å². The predicted molar refractivity (Wildman–Crippen MR) is 106 cm³/mol. The molecule has 0 spiro atoms. The van der Waals surface area contributed by atoms with Gasteiger partial charge in [0.05, 0.1) is 0 Å². The van der Waals surface area contributed by atoms with E-state index in [-0.39, 0.29) is 0 Å². The second-order valence-electron chi connectivity index (χ2n) is 6.72. The fourth-order valence-electron chi connectivity index (χ4n) is 3.26. The Hall–Kier alpha value is -1.03. The van der Waals surface area contributed by atoms with Crippen molar-refractivity contribution in [2.24, 2.45) is 0 Å². The Balaban J connectivity index is 1.61. The van der Waals surface area contributed by atoms with Crippen LogP contribution in [-0.2, 0) is 4.79 Å². The van der Waals surface area contributed by atoms with Gasteiger partial charge in [-0.3, -0.25) is 4.79 Å². The van der Waals surface area contributed by atoms with E-state index in [1.54, 1.807) is 0 Å². The van der Waals surface area contributed by atoms with E-state index in [1.165, 1.54) is 44.2 Å². The molecular weight excluding hydrogens is 364 g/mol. The normalized spacial score (nSPS) is 14.9. The van der Waals surface area contributed by atoms with Crippen molar-refractivity contribution < 1.29 is 4.79 Å². The molecule has 0 radical (unpaired) electrons. The van der Waals surface area contributed by atoms with Gasteiger partial charge in [0.1, 0.15) is 0 Å². The number of anilines is 1. The van der Waals surface area contributed by atoms with Gasteiger partial charge < -0.3 is 9.80 Å². The number of hydrogen-bond donors (Lipinski definition) is 0. The summed E-state index contributed by atoms with van der Waals surface area (Å²) in [6.45, 7) is 5.82. The van der Waals surface area contributed by atoms with Gasteiger partial charge in [-0.05, 0) is 30.7 Å². The maximum atomic E-state index is 12.3. The minimum Gasteiger partial charge on any atom is -0.368 e. The van der Waals surface area contributed by atoms with Crippen LogP contribution in [0.4, 0.5) is 5.69 Å². The second kappa shape index (κ2) is 10.8. The van der Waals surface area contributed by atoms with E-state index in [1.807, 2.05) is 4.90 Å². The van der Waals surface area contributed by atoms with E-state index in [2.05, 4.69) is 52.0 Å². The average molecular weight is 395 g/mol. The van der Waals surface area contributed by atoms with Gasteiger partial charge in [-0.25, -0.2) is 0 Å². The molecule has 1 amide bonds. The van der Waals surface area contributed by atoms with Crippen molar-refractivity contribution >= 4 is 27.5 Å². The zero-order valence-electron chi connectivity index (χ0n) is 15.0. The van der Waals surface area contributed by atoms with E-state index >= 15 is 0 Å². The number of rotatable bonds is 9. The lowest BCUT2D eigenvalue weighted by Gasteiger charge is -2.36. The number of halogens is 1. The zero-order valence-corrected chi connectivity index (χ0v) is 16.6. The highest BCUT2D eigenvalue weighted by Crippen LogP contribution is 2.20. The molecule has 4 heteroatoms. The number of benzene rings is 1. The highest BCUT2D eigenvalue weighted by Gasteiger charge is 2.20. The van der Waals surface area contributed by atoms with Gasteiger partial charge in [0.25, 0.3) is 0 Å². The minimum atomic E-state index is 0.346. The highest BCUT2D eigenvalue weighted by molar-refractivity contribution is 9.10. The lowest BCUT2D eigenvalue weighted by atomic mass is 10.1. The molecule has 1 heterocycles. The second-order valence-corrected chi connectivity index (χ2v) is 7.63. The van der Waals surface area contributed by atoms with Crippen molar-refractivity contribution in [3.05, 3.63) is 28.7 Å². The highest BCUT2D eigenvalue weighted by atomic mass is 79.9. The van der Waals surface area contributed by atoms with E-state index in [4.69, 9.17) is 0 Å². The Labute approximate surface area is 155 Å². The molecule has 0 aromatic heterocycles. The van der Waals surface area contributed by atoms with Crippen molar-refractivity contribution in [2.45, 2.75) is 58.3 Å². The van der Waals surface area contributed by atoms with Gasteiger partial charge in [0.2, 0.25) is 5.91 Å². The van der Waals surface area contributed by atoms with Crippen molar-refractivity contribution in [1.82, 2.24) is 4.90 Å². The quantitative estimate of drug-likeness (QED) is 0.534. The summed E-state index contributed by atoms with van der Waals surface area (Å²) in [5, 5.41) is 0. The molecule has 0 unspecified atom stereocenters. The molecule has 0 bridgehead atoms. The Kier molecular flexibility index (Phi) is 8.65. The summed E-state index contributed by atoms with van der Waals surface area (Å²) in [5.74, 6) is 0.346. The first kappa shape index (κ1) is 19.3. The summed E-state index contributed by atoms with van der Waals surface area (Å²) in [6, 6.07) is 8.43. The molecule has 1 fully saturated rings. The Bertz CT molecular complexity index is 481. The van der Waals surface area contributed by atoms with Crippen LogP contribution in [-0.4, -0.2) is 37.0 Å². The summed E-state index contributed by atoms with van der Waals surface area (Å²) >= 11 is 3.47. The molecule has 3 nitrogen and oxygen atoms in total. The first-order valence-electron chi connectivity index (χ1n) is 9.49. The third-order valence-electron chi connectivity index (χ3n) is 4.82. The number of piperazine rings is 1. The minimum absolute atomic E-state index is 0.346. The van der Waals surface area contributed by atoms with Gasteiger partial charge >= 0.3 is 0 Å². The van der Waals surface area contributed by atoms with Crippen LogP contribution in [0.3, 0.4) is 0 Å². The summed E-state index contributed by atoms with van der Waals surface area (Å²) in [7, 11) is 0. The molecule has 1 aromatic rings. The lowest BCUT2D eigenvalue weighted by Crippen LogP contribution is -2.48. The summed E-state index contributed by atoms with van der Waals surface area (Å²) < 4.78 is 1.11. The number of carbonyl (C=O) groups excluding carboxylic acids is 1. The van der Waals surface area contributed by atoms with E-state index in [0.717, 1.165) is 43.5 Å². The first-order valence-corrected chi connectivity index (χ1v) is 10.3. The molecule has 0 N–H and O–H groups in total. The lowest BCUT2D eigenvalue weighted by molar-refractivity contribution is -0.131. The topological polar surface area (TPSA) is 23.6 Å². The molecule has 24 heavy (non-hydrogen) atoms. The van der Waals surface area contributed by atoms with Gasteiger partial charge in [0.15, 0.2) is 0 Å². The van der Waals surface area contributed by atoms with Gasteiger partial charge in [-0.15, -0.1) is 0 Å². The molecular formula is C20H31BrN2O. The number of nitrogens with zero attached hydrogens (tertiary/aromatic N) is 2. The molecule has 1 aliphatic rings. The average Bonchev–Trinajstić information content (AvgIpc) is 2.61. The number of hydrogen-bond acceptors (Lipinski definition) is 2. The van der Waals surface area contributed by atoms with Crippen molar-refractivity contribution in [3.8, 4) is 0 Å². The standard InChI is InChI=1S/C20H31BrN2O/c1-2-3-4-5-6-7-8-9-20(24)23-16-14-22(15-17-23)19-12-10-18(21)11-13-19/h10-13H,2-9,14-17H2,1H3. The van der Waals surface area contributed by atoms with E-state index in [0.29, 0.717) is 5.91 Å². The largest absolute Gasteiger partial charge is 0.368 e. The SMILES string of the molecule is CCCCCCCCCC(=O)N1CCN(c2ccc(Br)cc2)CC1.